The number of benzene rings is 2. The molecule has 1 saturated heterocycles. The van der Waals surface area contributed by atoms with Crippen LogP contribution < -0.4 is 26.3 Å². The van der Waals surface area contributed by atoms with E-state index in [2.05, 4.69) is 20.3 Å². The molecule has 62 heavy (non-hydrogen) atoms. The van der Waals surface area contributed by atoms with E-state index in [0.29, 0.717) is 88.4 Å². The lowest BCUT2D eigenvalue weighted by Gasteiger charge is -2.26. The van der Waals surface area contributed by atoms with Crippen molar-refractivity contribution in [2.24, 2.45) is 11.5 Å². The fourth-order valence-corrected chi connectivity index (χ4v) is 8.55. The summed E-state index contributed by atoms with van der Waals surface area (Å²) in [6.45, 7) is 12.7. The van der Waals surface area contributed by atoms with Crippen molar-refractivity contribution in [1.29, 1.82) is 0 Å². The maximum absolute atomic E-state index is 13.8. The van der Waals surface area contributed by atoms with Crippen LogP contribution in [0, 0.1) is 13.8 Å². The van der Waals surface area contributed by atoms with Crippen LogP contribution in [0.5, 0.6) is 11.5 Å². The van der Waals surface area contributed by atoms with Gasteiger partial charge in [-0.15, -0.1) is 11.3 Å². The van der Waals surface area contributed by atoms with Crippen LogP contribution in [0.2, 0.25) is 0 Å². The summed E-state index contributed by atoms with van der Waals surface area (Å²) in [5.41, 5.74) is 15.6. The van der Waals surface area contributed by atoms with E-state index in [1.807, 2.05) is 44.4 Å². The molecule has 0 aliphatic carbocycles. The van der Waals surface area contributed by atoms with E-state index in [1.165, 1.54) is 18.4 Å². The van der Waals surface area contributed by atoms with E-state index >= 15 is 0 Å². The summed E-state index contributed by atoms with van der Waals surface area (Å²) >= 11 is 1.35. The topological polar surface area (TPSA) is 230 Å². The second-order valence-electron chi connectivity index (χ2n) is 14.8. The molecule has 0 spiro atoms. The molecular formula is C43H51N11O7S. The number of Topliss-reactive ketones (excluding diaryl/α,β-unsaturated/α-hetero) is 1. The molecule has 18 nitrogen and oxygen atoms in total. The number of ether oxygens (including phenoxy) is 3. The minimum Gasteiger partial charge on any atom is -0.494 e. The van der Waals surface area contributed by atoms with Crippen molar-refractivity contribution in [2.45, 2.75) is 66.6 Å². The van der Waals surface area contributed by atoms with Gasteiger partial charge in [0.2, 0.25) is 17.8 Å². The summed E-state index contributed by atoms with van der Waals surface area (Å²) in [7, 11) is 1.49. The third-order valence-electron chi connectivity index (χ3n) is 10.6. The number of allylic oxidation sites excluding steroid dienone is 2. The molecule has 19 heteroatoms. The van der Waals surface area contributed by atoms with Crippen LogP contribution >= 0.6 is 11.3 Å². The van der Waals surface area contributed by atoms with Crippen molar-refractivity contribution in [3.05, 3.63) is 86.4 Å². The Morgan fingerprint density at radius 2 is 1.55 bits per heavy atom. The van der Waals surface area contributed by atoms with Gasteiger partial charge in [-0.2, -0.15) is 5.10 Å². The van der Waals surface area contributed by atoms with Crippen LogP contribution in [0.25, 0.3) is 22.1 Å². The highest BCUT2D eigenvalue weighted by Gasteiger charge is 2.24. The highest BCUT2D eigenvalue weighted by molar-refractivity contribution is 7.13. The van der Waals surface area contributed by atoms with Crippen LogP contribution in [0.1, 0.15) is 83.4 Å². The predicted octanol–water partition coefficient (Wildman–Crippen LogP) is 4.48. The van der Waals surface area contributed by atoms with Gasteiger partial charge in [-0.3, -0.25) is 34.1 Å². The highest BCUT2D eigenvalue weighted by Crippen LogP contribution is 2.33. The van der Waals surface area contributed by atoms with E-state index < -0.39 is 17.7 Å². The number of amides is 3. The monoisotopic (exact) mass is 865 g/mol. The molecule has 326 valence electrons. The number of methoxy groups -OCH3 is 1. The normalized spacial score (nSPS) is 13.4. The second-order valence-corrected chi connectivity index (χ2v) is 16.0. The molecule has 5 heterocycles. The molecule has 5 N–H and O–H groups in total. The number of carbonyl (C=O) groups is 4. The number of aryl methyl sites for hydroxylation is 4. The van der Waals surface area contributed by atoms with Gasteiger partial charge in [-0.05, 0) is 63.9 Å². The van der Waals surface area contributed by atoms with Crippen molar-refractivity contribution >= 4 is 62.9 Å². The van der Waals surface area contributed by atoms with Gasteiger partial charge in [-0.25, -0.2) is 15.0 Å². The molecule has 6 aromatic rings. The predicted molar refractivity (Wildman–Crippen MR) is 234 cm³/mol. The number of rotatable bonds is 19. The molecule has 1 aliphatic heterocycles. The number of hydrogen-bond donors (Lipinski definition) is 3. The van der Waals surface area contributed by atoms with Crippen molar-refractivity contribution in [1.82, 2.24) is 38.8 Å². The van der Waals surface area contributed by atoms with Gasteiger partial charge < -0.3 is 34.8 Å². The Bertz CT molecular complexity index is 2690. The number of hydrogen-bond acceptors (Lipinski definition) is 13. The molecule has 0 atom stereocenters. The van der Waals surface area contributed by atoms with Gasteiger partial charge >= 0.3 is 0 Å². The smallest absolute Gasteiger partial charge is 0.276 e. The van der Waals surface area contributed by atoms with Gasteiger partial charge in [0.15, 0.2) is 5.78 Å². The Morgan fingerprint density at radius 1 is 0.887 bits per heavy atom. The standard InChI is InChI=1S/C43H51N11O7S/c1-6-29-39(62-26(4)46-29)33(55)24-36-47-30-20-27(40(44)56)22-34(59-5)37(30)52(36)12-8-9-13-53-38-31(48-43(53)49-42(58)32-19-25(3)50-54(32)7-2)21-28(41(45)57)23-35(38)61-16-10-11-51-14-17-60-18-15-51/h8-9,19-23H,6-7,10-18,24H2,1-5H3,(H2,44,56)(H2,45,57)(H,48,49,58)/b9-8+. The number of aromatic nitrogens is 7. The van der Waals surface area contributed by atoms with Crippen LogP contribution in [-0.4, -0.2) is 109 Å². The number of primary amides is 2. The summed E-state index contributed by atoms with van der Waals surface area (Å²) in [5, 5.41) is 8.21. The van der Waals surface area contributed by atoms with Crippen LogP contribution in [-0.2, 0) is 37.2 Å². The number of imidazole rings is 2. The SMILES string of the molecule is CCc1nc(C)sc1C(=O)Cc1nc2cc(C(N)=O)cc(OC)c2n1C/C=C/Cn1c(NC(=O)c2cc(C)nn2CC)nc2cc(C(N)=O)cc(OCCCN3CCOCC3)c21. The highest BCUT2D eigenvalue weighted by atomic mass is 32.1. The maximum Gasteiger partial charge on any atom is 0.276 e. The van der Waals surface area contributed by atoms with E-state index in [9.17, 15) is 19.2 Å². The first-order valence-electron chi connectivity index (χ1n) is 20.5. The van der Waals surface area contributed by atoms with Crippen molar-refractivity contribution < 1.29 is 33.4 Å². The molecule has 2 aromatic carbocycles. The first kappa shape index (κ1) is 43.6. The van der Waals surface area contributed by atoms with E-state index in [1.54, 1.807) is 39.6 Å². The molecule has 1 fully saturated rings. The van der Waals surface area contributed by atoms with Gasteiger partial charge in [0.25, 0.3) is 5.91 Å². The Labute approximate surface area is 361 Å². The average molecular weight is 866 g/mol. The van der Waals surface area contributed by atoms with Crippen molar-refractivity contribution in [3.63, 3.8) is 0 Å². The molecule has 7 rings (SSSR count). The first-order valence-corrected chi connectivity index (χ1v) is 21.3. The Kier molecular flexibility index (Phi) is 13.4. The minimum atomic E-state index is -0.649. The van der Waals surface area contributed by atoms with Crippen molar-refractivity contribution in [2.75, 3.05) is 51.9 Å². The third kappa shape index (κ3) is 9.39. The number of anilines is 1. The van der Waals surface area contributed by atoms with Crippen molar-refractivity contribution in [3.8, 4) is 11.5 Å². The quantitative estimate of drug-likeness (QED) is 0.0582. The zero-order valence-corrected chi connectivity index (χ0v) is 36.3. The third-order valence-corrected chi connectivity index (χ3v) is 11.6. The Balaban J connectivity index is 1.25. The number of ketones is 1. The number of nitrogens with one attached hydrogen (secondary N) is 1. The molecule has 0 saturated carbocycles. The fraction of sp³-hybridized carbons (Fsp3) is 0.395. The lowest BCUT2D eigenvalue weighted by molar-refractivity contribution is 0.0358. The largest absolute Gasteiger partial charge is 0.494 e. The number of fused-ring (bicyclic) bond motifs is 2. The lowest BCUT2D eigenvalue weighted by Crippen LogP contribution is -2.37. The minimum absolute atomic E-state index is 0.0310. The van der Waals surface area contributed by atoms with Gasteiger partial charge in [-0.1, -0.05) is 19.1 Å². The second kappa shape index (κ2) is 19.1. The molecule has 0 unspecified atom stereocenters. The fourth-order valence-electron chi connectivity index (χ4n) is 7.60. The summed E-state index contributed by atoms with van der Waals surface area (Å²) in [5.74, 6) is -0.412. The lowest BCUT2D eigenvalue weighted by atomic mass is 10.1. The molecule has 0 radical (unpaired) electrons. The van der Waals surface area contributed by atoms with E-state index in [4.69, 9.17) is 35.6 Å². The maximum atomic E-state index is 13.8. The van der Waals surface area contributed by atoms with E-state index in [0.717, 1.165) is 36.8 Å². The van der Waals surface area contributed by atoms with Gasteiger partial charge in [0.05, 0.1) is 65.7 Å². The molecule has 3 amide bonds. The number of nitrogens with two attached hydrogens (primary N) is 2. The van der Waals surface area contributed by atoms with Crippen LogP contribution in [0.3, 0.4) is 0 Å². The van der Waals surface area contributed by atoms with E-state index in [-0.39, 0.29) is 42.4 Å². The van der Waals surface area contributed by atoms with Crippen LogP contribution in [0.4, 0.5) is 5.95 Å². The number of nitrogens with zero attached hydrogens (tertiary/aromatic N) is 8. The zero-order valence-electron chi connectivity index (χ0n) is 35.5. The summed E-state index contributed by atoms with van der Waals surface area (Å²) in [6, 6.07) is 8.03. The molecular weight excluding hydrogens is 815 g/mol. The number of carbonyl (C=O) groups excluding carboxylic acids is 4. The summed E-state index contributed by atoms with van der Waals surface area (Å²) in [6.07, 6.45) is 5.09. The number of morpholine rings is 1. The van der Waals surface area contributed by atoms with Gasteiger partial charge in [0.1, 0.15) is 34.1 Å². The van der Waals surface area contributed by atoms with Gasteiger partial charge in [0, 0.05) is 50.4 Å². The summed E-state index contributed by atoms with van der Waals surface area (Å²) in [4.78, 5) is 69.5. The number of thiazole rings is 1. The van der Waals surface area contributed by atoms with Crippen LogP contribution in [0.15, 0.2) is 42.5 Å². The zero-order chi connectivity index (χ0) is 44.1. The molecule has 1 aliphatic rings. The Hall–Kier alpha value is -6.44. The molecule has 0 bridgehead atoms. The first-order chi connectivity index (χ1) is 29.9. The molecule has 4 aromatic heterocycles. The Morgan fingerprint density at radius 3 is 2.21 bits per heavy atom. The average Bonchev–Trinajstić information content (AvgIpc) is 4.03. The summed E-state index contributed by atoms with van der Waals surface area (Å²) < 4.78 is 22.9.